The third-order valence-electron chi connectivity index (χ3n) is 3.37. The van der Waals surface area contributed by atoms with Crippen molar-refractivity contribution < 1.29 is 23.6 Å². The van der Waals surface area contributed by atoms with Crippen molar-refractivity contribution in [1.82, 2.24) is 5.32 Å². The van der Waals surface area contributed by atoms with E-state index in [1.165, 1.54) is 42.5 Å². The second kappa shape index (κ2) is 8.00. The maximum Gasteiger partial charge on any atom is 0.338 e. The van der Waals surface area contributed by atoms with E-state index in [4.69, 9.17) is 4.74 Å². The van der Waals surface area contributed by atoms with Gasteiger partial charge in [-0.05, 0) is 30.7 Å². The van der Waals surface area contributed by atoms with Crippen molar-refractivity contribution in [3.05, 3.63) is 75.6 Å². The van der Waals surface area contributed by atoms with Gasteiger partial charge in [0.2, 0.25) is 0 Å². The average Bonchev–Trinajstić information content (AvgIpc) is 2.60. The summed E-state index contributed by atoms with van der Waals surface area (Å²) in [6, 6.07) is 10.3. The highest BCUT2D eigenvalue weighted by molar-refractivity contribution is 5.91. The van der Waals surface area contributed by atoms with E-state index in [0.717, 1.165) is 6.07 Å². The van der Waals surface area contributed by atoms with Crippen LogP contribution in [0.2, 0.25) is 0 Å². The van der Waals surface area contributed by atoms with Crippen LogP contribution in [0.25, 0.3) is 0 Å². The standard InChI is InChI=1S/C17H15FN2O5/c1-11(12-5-7-14(18)8-6-12)19-16(21)10-25-17(22)13-3-2-4-15(9-13)20(23)24/h2-9,11H,10H2,1H3,(H,19,21)/t11-/m0/s1. The largest absolute Gasteiger partial charge is 0.452 e. The van der Waals surface area contributed by atoms with Gasteiger partial charge in [-0.25, -0.2) is 9.18 Å². The number of benzene rings is 2. The number of nitro benzene ring substituents is 1. The van der Waals surface area contributed by atoms with E-state index in [1.807, 2.05) is 0 Å². The SMILES string of the molecule is C[C@H](NC(=O)COC(=O)c1cccc([N+](=O)[O-])c1)c1ccc(F)cc1. The van der Waals surface area contributed by atoms with Crippen LogP contribution in [-0.2, 0) is 9.53 Å². The number of non-ortho nitro benzene ring substituents is 1. The fraction of sp³-hybridized carbons (Fsp3) is 0.176. The predicted octanol–water partition coefficient (Wildman–Crippen LogP) is 2.77. The Labute approximate surface area is 142 Å². The van der Waals surface area contributed by atoms with Crippen LogP contribution in [0.15, 0.2) is 48.5 Å². The van der Waals surface area contributed by atoms with E-state index >= 15 is 0 Å². The second-order valence-corrected chi connectivity index (χ2v) is 5.22. The summed E-state index contributed by atoms with van der Waals surface area (Å²) in [5, 5.41) is 13.3. The minimum Gasteiger partial charge on any atom is -0.452 e. The smallest absolute Gasteiger partial charge is 0.338 e. The molecule has 1 amide bonds. The molecule has 2 rings (SSSR count). The molecule has 0 saturated carbocycles. The molecule has 0 radical (unpaired) electrons. The number of nitrogens with zero attached hydrogens (tertiary/aromatic N) is 1. The average molecular weight is 346 g/mol. The first-order chi connectivity index (χ1) is 11.9. The Morgan fingerprint density at radius 1 is 1.24 bits per heavy atom. The van der Waals surface area contributed by atoms with Gasteiger partial charge in [0.05, 0.1) is 16.5 Å². The van der Waals surface area contributed by atoms with Crippen LogP contribution in [0.3, 0.4) is 0 Å². The van der Waals surface area contributed by atoms with Crippen LogP contribution in [0.4, 0.5) is 10.1 Å². The number of esters is 1. The summed E-state index contributed by atoms with van der Waals surface area (Å²) >= 11 is 0. The minimum atomic E-state index is -0.840. The molecule has 0 spiro atoms. The number of nitro groups is 1. The first-order valence-corrected chi connectivity index (χ1v) is 7.33. The zero-order chi connectivity index (χ0) is 18.4. The summed E-state index contributed by atoms with van der Waals surface area (Å²) in [4.78, 5) is 33.7. The quantitative estimate of drug-likeness (QED) is 0.493. The Morgan fingerprint density at radius 2 is 1.92 bits per heavy atom. The van der Waals surface area contributed by atoms with Crippen molar-refractivity contribution in [2.75, 3.05) is 6.61 Å². The van der Waals surface area contributed by atoms with Gasteiger partial charge in [-0.15, -0.1) is 0 Å². The highest BCUT2D eigenvalue weighted by atomic mass is 19.1. The van der Waals surface area contributed by atoms with Crippen LogP contribution in [0.5, 0.6) is 0 Å². The van der Waals surface area contributed by atoms with E-state index < -0.39 is 29.4 Å². The van der Waals surface area contributed by atoms with Crippen molar-refractivity contribution >= 4 is 17.6 Å². The number of nitrogens with one attached hydrogen (secondary N) is 1. The van der Waals surface area contributed by atoms with Gasteiger partial charge in [-0.3, -0.25) is 14.9 Å². The number of amides is 1. The minimum absolute atomic E-state index is 0.0198. The maximum absolute atomic E-state index is 12.9. The molecule has 2 aromatic carbocycles. The van der Waals surface area contributed by atoms with E-state index in [0.29, 0.717) is 5.56 Å². The molecule has 0 heterocycles. The predicted molar refractivity (Wildman–Crippen MR) is 86.3 cm³/mol. The molecule has 7 nitrogen and oxygen atoms in total. The lowest BCUT2D eigenvalue weighted by Crippen LogP contribution is -2.31. The molecule has 0 aliphatic heterocycles. The molecule has 0 aromatic heterocycles. The summed E-state index contributed by atoms with van der Waals surface area (Å²) in [7, 11) is 0. The van der Waals surface area contributed by atoms with E-state index in [-0.39, 0.29) is 17.1 Å². The number of ether oxygens (including phenoxy) is 1. The summed E-state index contributed by atoms with van der Waals surface area (Å²) in [5.74, 6) is -1.77. The molecule has 0 aliphatic carbocycles. The number of rotatable bonds is 6. The van der Waals surface area contributed by atoms with Gasteiger partial charge in [-0.1, -0.05) is 18.2 Å². The topological polar surface area (TPSA) is 98.5 Å². The molecule has 2 aromatic rings. The molecule has 8 heteroatoms. The summed E-state index contributed by atoms with van der Waals surface area (Å²) < 4.78 is 17.7. The van der Waals surface area contributed by atoms with E-state index in [1.54, 1.807) is 6.92 Å². The normalized spacial score (nSPS) is 11.4. The van der Waals surface area contributed by atoms with Gasteiger partial charge >= 0.3 is 5.97 Å². The number of halogens is 1. The molecular formula is C17H15FN2O5. The lowest BCUT2D eigenvalue weighted by Gasteiger charge is -2.14. The molecule has 1 N–H and O–H groups in total. The maximum atomic E-state index is 12.9. The monoisotopic (exact) mass is 346 g/mol. The van der Waals surface area contributed by atoms with Gasteiger partial charge in [-0.2, -0.15) is 0 Å². The zero-order valence-corrected chi connectivity index (χ0v) is 13.3. The van der Waals surface area contributed by atoms with E-state index in [2.05, 4.69) is 5.32 Å². The van der Waals surface area contributed by atoms with Gasteiger partial charge in [0.1, 0.15) is 5.82 Å². The fourth-order valence-corrected chi connectivity index (χ4v) is 2.08. The second-order valence-electron chi connectivity index (χ2n) is 5.22. The van der Waals surface area contributed by atoms with Gasteiger partial charge in [0.25, 0.3) is 11.6 Å². The summed E-state index contributed by atoms with van der Waals surface area (Å²) in [6.07, 6.45) is 0. The Kier molecular flexibility index (Phi) is 5.78. The molecule has 0 fully saturated rings. The van der Waals surface area contributed by atoms with Crippen molar-refractivity contribution in [2.24, 2.45) is 0 Å². The van der Waals surface area contributed by atoms with Crippen LogP contribution < -0.4 is 5.32 Å². The Bertz CT molecular complexity index is 792. The molecule has 0 bridgehead atoms. The number of carbonyl (C=O) groups is 2. The van der Waals surface area contributed by atoms with Gasteiger partial charge in [0.15, 0.2) is 6.61 Å². The molecule has 1 atom stereocenters. The van der Waals surface area contributed by atoms with Crippen molar-refractivity contribution in [3.63, 3.8) is 0 Å². The van der Waals surface area contributed by atoms with E-state index in [9.17, 15) is 24.1 Å². The lowest BCUT2D eigenvalue weighted by atomic mass is 10.1. The highest BCUT2D eigenvalue weighted by Crippen LogP contribution is 2.14. The van der Waals surface area contributed by atoms with Crippen LogP contribution >= 0.6 is 0 Å². The van der Waals surface area contributed by atoms with Crippen molar-refractivity contribution in [1.29, 1.82) is 0 Å². The molecule has 130 valence electrons. The van der Waals surface area contributed by atoms with Crippen molar-refractivity contribution in [2.45, 2.75) is 13.0 Å². The van der Waals surface area contributed by atoms with Crippen LogP contribution in [0, 0.1) is 15.9 Å². The molecule has 0 unspecified atom stereocenters. The lowest BCUT2D eigenvalue weighted by molar-refractivity contribution is -0.384. The molecule has 0 saturated heterocycles. The molecular weight excluding hydrogens is 331 g/mol. The third-order valence-corrected chi connectivity index (χ3v) is 3.37. The fourth-order valence-electron chi connectivity index (χ4n) is 2.08. The van der Waals surface area contributed by atoms with Crippen molar-refractivity contribution in [3.8, 4) is 0 Å². The number of hydrogen-bond acceptors (Lipinski definition) is 5. The molecule has 25 heavy (non-hydrogen) atoms. The van der Waals surface area contributed by atoms with Crippen LogP contribution in [0.1, 0.15) is 28.9 Å². The summed E-state index contributed by atoms with van der Waals surface area (Å²) in [6.45, 7) is 1.17. The Balaban J connectivity index is 1.89. The zero-order valence-electron chi connectivity index (χ0n) is 13.3. The summed E-state index contributed by atoms with van der Waals surface area (Å²) in [5.41, 5.74) is 0.428. The first-order valence-electron chi connectivity index (χ1n) is 7.33. The highest BCUT2D eigenvalue weighted by Gasteiger charge is 2.15. The Morgan fingerprint density at radius 3 is 2.56 bits per heavy atom. The van der Waals surface area contributed by atoms with Gasteiger partial charge < -0.3 is 10.1 Å². The third kappa shape index (κ3) is 5.10. The first kappa shape index (κ1) is 18.1. The Hall–Kier alpha value is -3.29. The number of carbonyl (C=O) groups excluding carboxylic acids is 2. The molecule has 0 aliphatic rings. The number of hydrogen-bond donors (Lipinski definition) is 1. The van der Waals surface area contributed by atoms with Crippen LogP contribution in [-0.4, -0.2) is 23.4 Å². The van der Waals surface area contributed by atoms with Gasteiger partial charge in [0, 0.05) is 12.1 Å².